The maximum Gasteiger partial charge on any atom is 0.180 e. The van der Waals surface area contributed by atoms with Crippen molar-refractivity contribution in [1.29, 1.82) is 0 Å². The minimum absolute atomic E-state index is 0.682. The number of pyridine rings is 1. The van der Waals surface area contributed by atoms with Gasteiger partial charge in [-0.3, -0.25) is 4.98 Å². The van der Waals surface area contributed by atoms with Crippen molar-refractivity contribution in [3.63, 3.8) is 0 Å². The molecule has 4 nitrogen and oxygen atoms in total. The minimum Gasteiger partial charge on any atom is -0.370 e. The zero-order valence-electron chi connectivity index (χ0n) is 12.2. The van der Waals surface area contributed by atoms with Gasteiger partial charge < -0.3 is 5.32 Å². The summed E-state index contributed by atoms with van der Waals surface area (Å²) in [6, 6.07) is 5.78. The molecule has 2 aromatic rings. The van der Waals surface area contributed by atoms with Crippen molar-refractivity contribution in [2.75, 3.05) is 23.9 Å². The number of nitrogens with one attached hydrogen (secondary N) is 1. The molecule has 0 bridgehead atoms. The van der Waals surface area contributed by atoms with E-state index in [9.17, 15) is 0 Å². The molecule has 0 aromatic carbocycles. The summed E-state index contributed by atoms with van der Waals surface area (Å²) in [5.41, 5.74) is 2.91. The van der Waals surface area contributed by atoms with Gasteiger partial charge in [-0.1, -0.05) is 6.07 Å². The third-order valence-corrected chi connectivity index (χ3v) is 3.80. The first-order valence-corrected chi connectivity index (χ1v) is 8.11. The molecule has 0 saturated carbocycles. The summed E-state index contributed by atoms with van der Waals surface area (Å²) in [5, 5.41) is 3.41. The minimum atomic E-state index is 0.682. The van der Waals surface area contributed by atoms with Gasteiger partial charge in [0.25, 0.3) is 0 Å². The first-order chi connectivity index (χ1) is 9.72. The Morgan fingerprint density at radius 3 is 2.75 bits per heavy atom. The molecular formula is C15H20N4S. The van der Waals surface area contributed by atoms with Gasteiger partial charge in [0, 0.05) is 24.0 Å². The van der Waals surface area contributed by atoms with Crippen LogP contribution in [0.15, 0.2) is 24.4 Å². The highest BCUT2D eigenvalue weighted by molar-refractivity contribution is 7.98. The predicted molar refractivity (Wildman–Crippen MR) is 86.2 cm³/mol. The summed E-state index contributed by atoms with van der Waals surface area (Å²) in [7, 11) is 0. The van der Waals surface area contributed by atoms with Crippen LogP contribution in [-0.4, -0.2) is 33.5 Å². The van der Waals surface area contributed by atoms with E-state index in [0.717, 1.165) is 41.5 Å². The van der Waals surface area contributed by atoms with Gasteiger partial charge >= 0.3 is 0 Å². The van der Waals surface area contributed by atoms with Crippen LogP contribution in [0.1, 0.15) is 17.7 Å². The summed E-state index contributed by atoms with van der Waals surface area (Å²) < 4.78 is 0. The first kappa shape index (κ1) is 14.8. The van der Waals surface area contributed by atoms with Crippen molar-refractivity contribution >= 4 is 17.6 Å². The van der Waals surface area contributed by atoms with Gasteiger partial charge in [-0.15, -0.1) is 0 Å². The Balaban J connectivity index is 2.21. The fourth-order valence-electron chi connectivity index (χ4n) is 1.83. The molecule has 0 radical (unpaired) electrons. The fourth-order valence-corrected chi connectivity index (χ4v) is 2.27. The van der Waals surface area contributed by atoms with E-state index in [-0.39, 0.29) is 0 Å². The first-order valence-electron chi connectivity index (χ1n) is 6.72. The Bertz CT molecular complexity index is 557. The number of nitrogens with zero attached hydrogens (tertiary/aromatic N) is 3. The second-order valence-electron chi connectivity index (χ2n) is 4.59. The van der Waals surface area contributed by atoms with Crippen molar-refractivity contribution in [3.05, 3.63) is 35.7 Å². The number of aryl methyl sites for hydroxylation is 1. The van der Waals surface area contributed by atoms with Crippen molar-refractivity contribution in [1.82, 2.24) is 15.0 Å². The van der Waals surface area contributed by atoms with E-state index in [4.69, 9.17) is 0 Å². The van der Waals surface area contributed by atoms with Crippen molar-refractivity contribution in [3.8, 4) is 11.5 Å². The van der Waals surface area contributed by atoms with Crippen LogP contribution in [0.25, 0.3) is 11.5 Å². The lowest BCUT2D eigenvalue weighted by atomic mass is 10.2. The second kappa shape index (κ2) is 7.24. The second-order valence-corrected chi connectivity index (χ2v) is 5.58. The van der Waals surface area contributed by atoms with E-state index in [1.165, 1.54) is 0 Å². The third kappa shape index (κ3) is 3.70. The van der Waals surface area contributed by atoms with E-state index < -0.39 is 0 Å². The van der Waals surface area contributed by atoms with Crippen molar-refractivity contribution in [2.45, 2.75) is 20.3 Å². The summed E-state index contributed by atoms with van der Waals surface area (Å²) in [4.78, 5) is 13.5. The summed E-state index contributed by atoms with van der Waals surface area (Å²) in [5.74, 6) is 2.75. The van der Waals surface area contributed by atoms with Crippen molar-refractivity contribution in [2.24, 2.45) is 0 Å². The highest BCUT2D eigenvalue weighted by Gasteiger charge is 2.09. The van der Waals surface area contributed by atoms with Gasteiger partial charge in [-0.2, -0.15) is 11.8 Å². The van der Waals surface area contributed by atoms with Crippen molar-refractivity contribution < 1.29 is 0 Å². The van der Waals surface area contributed by atoms with Crippen LogP contribution in [0, 0.1) is 13.8 Å². The number of rotatable bonds is 6. The van der Waals surface area contributed by atoms with Crippen LogP contribution in [0.2, 0.25) is 0 Å². The van der Waals surface area contributed by atoms with Gasteiger partial charge in [-0.25, -0.2) is 9.97 Å². The molecule has 0 spiro atoms. The lowest BCUT2D eigenvalue weighted by molar-refractivity contribution is 0.962. The topological polar surface area (TPSA) is 50.7 Å². The average molecular weight is 288 g/mol. The van der Waals surface area contributed by atoms with Crippen LogP contribution in [0.3, 0.4) is 0 Å². The quantitative estimate of drug-likeness (QED) is 0.826. The molecule has 2 rings (SSSR count). The Labute approximate surface area is 124 Å². The molecular weight excluding hydrogens is 268 g/mol. The molecule has 2 aromatic heterocycles. The molecule has 2 heterocycles. The molecule has 0 aliphatic heterocycles. The van der Waals surface area contributed by atoms with E-state index in [2.05, 4.69) is 33.4 Å². The number of hydrogen-bond acceptors (Lipinski definition) is 5. The van der Waals surface area contributed by atoms with Gasteiger partial charge in [-0.05, 0) is 44.4 Å². The third-order valence-electron chi connectivity index (χ3n) is 3.10. The molecule has 1 N–H and O–H groups in total. The zero-order chi connectivity index (χ0) is 14.4. The number of thioether (sulfide) groups is 1. The highest BCUT2D eigenvalue weighted by atomic mass is 32.2. The zero-order valence-corrected chi connectivity index (χ0v) is 13.0. The molecule has 0 aliphatic rings. The highest BCUT2D eigenvalue weighted by Crippen LogP contribution is 2.20. The predicted octanol–water partition coefficient (Wildman–Crippen LogP) is 3.32. The number of anilines is 1. The van der Waals surface area contributed by atoms with Crippen LogP contribution in [0.4, 0.5) is 5.82 Å². The number of hydrogen-bond donors (Lipinski definition) is 1. The van der Waals surface area contributed by atoms with Crippen LogP contribution in [0.5, 0.6) is 0 Å². The maximum atomic E-state index is 4.61. The lowest BCUT2D eigenvalue weighted by Gasteiger charge is -2.11. The van der Waals surface area contributed by atoms with Crippen LogP contribution >= 0.6 is 11.8 Å². The Morgan fingerprint density at radius 2 is 2.05 bits per heavy atom. The molecule has 0 unspecified atom stereocenters. The Kier molecular flexibility index (Phi) is 5.35. The van der Waals surface area contributed by atoms with E-state index in [1.54, 1.807) is 6.20 Å². The molecule has 0 saturated heterocycles. The van der Waals surface area contributed by atoms with E-state index >= 15 is 0 Å². The summed E-state index contributed by atoms with van der Waals surface area (Å²) >= 11 is 1.86. The molecule has 0 amide bonds. The maximum absolute atomic E-state index is 4.61. The lowest BCUT2D eigenvalue weighted by Crippen LogP contribution is -2.09. The molecule has 20 heavy (non-hydrogen) atoms. The molecule has 106 valence electrons. The monoisotopic (exact) mass is 288 g/mol. The SMILES string of the molecule is CSCCCNc1nc(-c2ccccn2)nc(C)c1C. The Morgan fingerprint density at radius 1 is 1.20 bits per heavy atom. The molecule has 0 aliphatic carbocycles. The van der Waals surface area contributed by atoms with E-state index in [1.807, 2.05) is 36.9 Å². The average Bonchev–Trinajstić information content (AvgIpc) is 2.48. The van der Waals surface area contributed by atoms with Gasteiger partial charge in [0.05, 0.1) is 0 Å². The van der Waals surface area contributed by atoms with Crippen LogP contribution in [-0.2, 0) is 0 Å². The van der Waals surface area contributed by atoms with Crippen LogP contribution < -0.4 is 5.32 Å². The summed E-state index contributed by atoms with van der Waals surface area (Å²) in [6.07, 6.45) is 5.02. The molecule has 0 atom stereocenters. The normalized spacial score (nSPS) is 10.6. The van der Waals surface area contributed by atoms with Gasteiger partial charge in [0.15, 0.2) is 5.82 Å². The largest absolute Gasteiger partial charge is 0.370 e. The van der Waals surface area contributed by atoms with Gasteiger partial charge in [0.2, 0.25) is 0 Å². The fraction of sp³-hybridized carbons (Fsp3) is 0.400. The standard InChI is InChI=1S/C15H20N4S/c1-11-12(2)18-15(13-7-4-5-8-16-13)19-14(11)17-9-6-10-20-3/h4-5,7-8H,6,9-10H2,1-3H3,(H,17,18,19). The number of aromatic nitrogens is 3. The van der Waals surface area contributed by atoms with Gasteiger partial charge in [0.1, 0.15) is 11.5 Å². The molecule has 0 fully saturated rings. The Hall–Kier alpha value is -1.62. The molecule has 5 heteroatoms. The van der Waals surface area contributed by atoms with E-state index in [0.29, 0.717) is 5.82 Å². The smallest absolute Gasteiger partial charge is 0.180 e. The summed E-state index contributed by atoms with van der Waals surface area (Å²) in [6.45, 7) is 4.99.